The number of aliphatic imine (C=N–C) groups is 1. The van der Waals surface area contributed by atoms with Crippen molar-refractivity contribution in [1.82, 2.24) is 15.0 Å². The van der Waals surface area contributed by atoms with Gasteiger partial charge in [0.15, 0.2) is 0 Å². The van der Waals surface area contributed by atoms with Crippen LogP contribution in [0.3, 0.4) is 0 Å². The number of nitrogens with zero attached hydrogens (tertiary/aromatic N) is 5. The molecule has 0 spiro atoms. The van der Waals surface area contributed by atoms with Crippen LogP contribution in [0.2, 0.25) is 0 Å². The molecule has 2 aromatic heterocycles. The molecule has 0 saturated heterocycles. The molecule has 32 heavy (non-hydrogen) atoms. The van der Waals surface area contributed by atoms with E-state index in [1.807, 2.05) is 59.8 Å². The molecule has 0 saturated carbocycles. The van der Waals surface area contributed by atoms with E-state index in [1.165, 1.54) is 0 Å². The Kier molecular flexibility index (Phi) is 12.7. The largest absolute Gasteiger partial charge is 0.351 e. The first-order valence-electron chi connectivity index (χ1n) is 10.7. The highest BCUT2D eigenvalue weighted by Crippen LogP contribution is 2.27. The third-order valence-electron chi connectivity index (χ3n) is 4.01. The van der Waals surface area contributed by atoms with E-state index in [-0.39, 0.29) is 13.5 Å². The molecule has 1 atom stereocenters. The summed E-state index contributed by atoms with van der Waals surface area (Å²) in [5.74, 6) is 1.36. The molecule has 0 aromatic carbocycles. The SMILES string of the molecule is C.C/C=C(/c1ccc(N=C(C)C)c(C)n1)c1cnc(NC(C)CC#N)nc1C.CC(C)C. The maximum atomic E-state index is 8.78. The van der Waals surface area contributed by atoms with Gasteiger partial charge in [0.05, 0.1) is 35.3 Å². The molecule has 0 aliphatic rings. The van der Waals surface area contributed by atoms with Gasteiger partial charge in [-0.15, -0.1) is 0 Å². The van der Waals surface area contributed by atoms with Gasteiger partial charge in [-0.3, -0.25) is 9.98 Å². The molecule has 0 aliphatic carbocycles. The monoisotopic (exact) mass is 436 g/mol. The fourth-order valence-electron chi connectivity index (χ4n) is 2.71. The number of pyridine rings is 1. The van der Waals surface area contributed by atoms with Crippen molar-refractivity contribution in [2.45, 2.75) is 82.2 Å². The second kappa shape index (κ2) is 14.1. The summed E-state index contributed by atoms with van der Waals surface area (Å²) in [7, 11) is 0. The number of hydrogen-bond acceptors (Lipinski definition) is 6. The van der Waals surface area contributed by atoms with Gasteiger partial charge in [0.1, 0.15) is 0 Å². The lowest BCUT2D eigenvalue weighted by atomic mass is 10.0. The summed E-state index contributed by atoms with van der Waals surface area (Å²) in [4.78, 5) is 18.2. The smallest absolute Gasteiger partial charge is 0.223 e. The highest BCUT2D eigenvalue weighted by molar-refractivity contribution is 5.83. The van der Waals surface area contributed by atoms with Crippen LogP contribution in [0, 0.1) is 31.1 Å². The zero-order valence-corrected chi connectivity index (χ0v) is 20.4. The predicted octanol–water partition coefficient (Wildman–Crippen LogP) is 7.06. The minimum Gasteiger partial charge on any atom is -0.351 e. The van der Waals surface area contributed by atoms with Crippen LogP contribution in [0.15, 0.2) is 29.4 Å². The molecule has 6 heteroatoms. The minimum absolute atomic E-state index is 0. The highest BCUT2D eigenvalue weighted by atomic mass is 15.1. The molecule has 174 valence electrons. The second-order valence-electron chi connectivity index (χ2n) is 8.39. The molecule has 0 bridgehead atoms. The van der Waals surface area contributed by atoms with Gasteiger partial charge in [-0.05, 0) is 59.6 Å². The maximum absolute atomic E-state index is 8.78. The number of nitrogens with one attached hydrogen (secondary N) is 1. The lowest BCUT2D eigenvalue weighted by molar-refractivity contribution is 0.737. The van der Waals surface area contributed by atoms with Crippen molar-refractivity contribution in [1.29, 1.82) is 5.26 Å². The lowest BCUT2D eigenvalue weighted by Gasteiger charge is -2.14. The molecule has 0 aliphatic heterocycles. The van der Waals surface area contributed by atoms with Gasteiger partial charge >= 0.3 is 0 Å². The zero-order chi connectivity index (χ0) is 23.6. The summed E-state index contributed by atoms with van der Waals surface area (Å²) in [6.45, 7) is 18.3. The minimum atomic E-state index is 0. The van der Waals surface area contributed by atoms with E-state index in [2.05, 4.69) is 47.1 Å². The molecule has 0 amide bonds. The summed E-state index contributed by atoms with van der Waals surface area (Å²) in [6, 6.07) is 6.11. The Labute approximate surface area is 195 Å². The van der Waals surface area contributed by atoms with Crippen LogP contribution in [-0.2, 0) is 0 Å². The van der Waals surface area contributed by atoms with E-state index in [4.69, 9.17) is 10.2 Å². The third-order valence-corrected chi connectivity index (χ3v) is 4.01. The third kappa shape index (κ3) is 9.38. The summed E-state index contributed by atoms with van der Waals surface area (Å²) in [5, 5.41) is 11.9. The summed E-state index contributed by atoms with van der Waals surface area (Å²) in [6.07, 6.45) is 4.23. The fourth-order valence-corrected chi connectivity index (χ4v) is 2.71. The molecule has 2 heterocycles. The quantitative estimate of drug-likeness (QED) is 0.489. The van der Waals surface area contributed by atoms with Gasteiger partial charge in [0.25, 0.3) is 0 Å². The van der Waals surface area contributed by atoms with Crippen LogP contribution in [0.1, 0.15) is 85.0 Å². The number of aromatic nitrogens is 3. The van der Waals surface area contributed by atoms with Crippen molar-refractivity contribution >= 4 is 22.9 Å². The maximum Gasteiger partial charge on any atom is 0.223 e. The first kappa shape index (κ1) is 28.9. The first-order valence-corrected chi connectivity index (χ1v) is 10.7. The Hall–Kier alpha value is -3.07. The number of allylic oxidation sites excluding steroid dienone is 1. The molecular formula is C26H40N6. The van der Waals surface area contributed by atoms with Crippen molar-refractivity contribution in [3.63, 3.8) is 0 Å². The van der Waals surface area contributed by atoms with E-state index in [0.29, 0.717) is 12.4 Å². The molecule has 1 N–H and O–H groups in total. The Morgan fingerprint density at radius 3 is 2.22 bits per heavy atom. The van der Waals surface area contributed by atoms with Gasteiger partial charge in [0, 0.05) is 29.1 Å². The Balaban J connectivity index is 0.00000177. The van der Waals surface area contributed by atoms with Gasteiger partial charge in [-0.2, -0.15) is 5.26 Å². The highest BCUT2D eigenvalue weighted by Gasteiger charge is 2.13. The van der Waals surface area contributed by atoms with Gasteiger partial charge in [-0.25, -0.2) is 9.97 Å². The number of aryl methyl sites for hydroxylation is 2. The van der Waals surface area contributed by atoms with Crippen molar-refractivity contribution in [3.05, 3.63) is 47.1 Å². The average molecular weight is 437 g/mol. The van der Waals surface area contributed by atoms with Gasteiger partial charge in [-0.1, -0.05) is 34.3 Å². The van der Waals surface area contributed by atoms with Gasteiger partial charge in [0.2, 0.25) is 5.95 Å². The topological polar surface area (TPSA) is 86.9 Å². The standard InChI is InChI=1S/C21H26N6.C4H10.CH4/c1-7-17(20-9-8-19(16(6)26-20)24-13(2)3)18-12-23-21(27-15(18)5)25-14(4)10-11-22;1-4(2)3;/h7-9,12,14H,10H2,1-6H3,(H,23,25,27);4H,1-3H3;1H4/b17-7+;;. The van der Waals surface area contributed by atoms with E-state index in [1.54, 1.807) is 6.20 Å². The summed E-state index contributed by atoms with van der Waals surface area (Å²) >= 11 is 0. The fraction of sp³-hybridized carbons (Fsp3) is 0.500. The second-order valence-corrected chi connectivity index (χ2v) is 8.39. The average Bonchev–Trinajstić information content (AvgIpc) is 2.65. The van der Waals surface area contributed by atoms with Gasteiger partial charge < -0.3 is 5.32 Å². The number of nitriles is 1. The first-order chi connectivity index (χ1) is 14.6. The van der Waals surface area contributed by atoms with Crippen LogP contribution in [0.4, 0.5) is 11.6 Å². The molecule has 6 nitrogen and oxygen atoms in total. The Bertz CT molecular complexity index is 960. The summed E-state index contributed by atoms with van der Waals surface area (Å²) in [5.41, 5.74) is 6.41. The molecule has 2 rings (SSSR count). The van der Waals surface area contributed by atoms with E-state index in [9.17, 15) is 0 Å². The molecular weight excluding hydrogens is 396 g/mol. The van der Waals surface area contributed by atoms with Crippen molar-refractivity contribution in [2.24, 2.45) is 10.9 Å². The number of anilines is 1. The Morgan fingerprint density at radius 2 is 1.75 bits per heavy atom. The lowest BCUT2D eigenvalue weighted by Crippen LogP contribution is -2.16. The zero-order valence-electron chi connectivity index (χ0n) is 20.4. The van der Waals surface area contributed by atoms with Crippen LogP contribution < -0.4 is 5.32 Å². The van der Waals surface area contributed by atoms with Crippen LogP contribution in [0.5, 0.6) is 0 Å². The Morgan fingerprint density at radius 1 is 1.12 bits per heavy atom. The number of hydrogen-bond donors (Lipinski definition) is 1. The molecule has 1 unspecified atom stereocenters. The van der Waals surface area contributed by atoms with E-state index in [0.717, 1.165) is 45.5 Å². The molecule has 2 aromatic rings. The van der Waals surface area contributed by atoms with Crippen LogP contribution >= 0.6 is 0 Å². The predicted molar refractivity (Wildman–Crippen MR) is 137 cm³/mol. The van der Waals surface area contributed by atoms with E-state index >= 15 is 0 Å². The van der Waals surface area contributed by atoms with Crippen molar-refractivity contribution < 1.29 is 0 Å². The van der Waals surface area contributed by atoms with Crippen molar-refractivity contribution in [2.75, 3.05) is 5.32 Å². The van der Waals surface area contributed by atoms with E-state index < -0.39 is 0 Å². The van der Waals surface area contributed by atoms with Crippen LogP contribution in [-0.4, -0.2) is 26.7 Å². The summed E-state index contributed by atoms with van der Waals surface area (Å²) < 4.78 is 0. The number of rotatable bonds is 6. The van der Waals surface area contributed by atoms with Crippen molar-refractivity contribution in [3.8, 4) is 6.07 Å². The molecule has 0 fully saturated rings. The molecule has 0 radical (unpaired) electrons. The van der Waals surface area contributed by atoms with Crippen LogP contribution in [0.25, 0.3) is 5.57 Å². The normalized spacial score (nSPS) is 11.5.